The third kappa shape index (κ3) is 4.40. The molecule has 2 heteroatoms. The zero-order chi connectivity index (χ0) is 10.2. The summed E-state index contributed by atoms with van der Waals surface area (Å²) in [6, 6.07) is 10.4. The molecule has 1 unspecified atom stereocenters. The summed E-state index contributed by atoms with van der Waals surface area (Å²) in [6.07, 6.45) is 2.01. The zero-order valence-corrected chi connectivity index (χ0v) is 8.65. The zero-order valence-electron chi connectivity index (χ0n) is 8.65. The molecule has 0 spiro atoms. The Bertz CT molecular complexity index is 233. The standard InChI is InChI=1S/C12H18O2/c1-11(10-13)14-9-5-8-12-6-3-2-4-7-12/h2-4,6-7,11,13H,5,8-10H2,1H3. The van der Waals surface area contributed by atoms with Gasteiger partial charge in [-0.1, -0.05) is 30.3 Å². The minimum absolute atomic E-state index is 0.0363. The number of rotatable bonds is 6. The summed E-state index contributed by atoms with van der Waals surface area (Å²) in [6.45, 7) is 2.70. The van der Waals surface area contributed by atoms with Gasteiger partial charge in [0.1, 0.15) is 0 Å². The van der Waals surface area contributed by atoms with Gasteiger partial charge in [-0.2, -0.15) is 0 Å². The maximum absolute atomic E-state index is 8.73. The molecule has 78 valence electrons. The van der Waals surface area contributed by atoms with Crippen LogP contribution in [0, 0.1) is 0 Å². The van der Waals surface area contributed by atoms with Crippen molar-refractivity contribution < 1.29 is 9.84 Å². The van der Waals surface area contributed by atoms with Gasteiger partial charge in [-0.3, -0.25) is 0 Å². The van der Waals surface area contributed by atoms with Crippen molar-refractivity contribution in [2.45, 2.75) is 25.9 Å². The summed E-state index contributed by atoms with van der Waals surface area (Å²) in [5.41, 5.74) is 1.34. The molecule has 1 N–H and O–H groups in total. The first-order valence-corrected chi connectivity index (χ1v) is 5.09. The van der Waals surface area contributed by atoms with Crippen LogP contribution in [0.1, 0.15) is 18.9 Å². The van der Waals surface area contributed by atoms with Gasteiger partial charge in [0.25, 0.3) is 0 Å². The van der Waals surface area contributed by atoms with Crippen molar-refractivity contribution in [1.29, 1.82) is 0 Å². The molecule has 1 aromatic rings. The van der Waals surface area contributed by atoms with Gasteiger partial charge in [0.15, 0.2) is 0 Å². The fourth-order valence-electron chi connectivity index (χ4n) is 1.26. The van der Waals surface area contributed by atoms with E-state index in [2.05, 4.69) is 12.1 Å². The van der Waals surface area contributed by atoms with Crippen molar-refractivity contribution in [2.75, 3.05) is 13.2 Å². The van der Waals surface area contributed by atoms with Gasteiger partial charge >= 0.3 is 0 Å². The molecule has 2 nitrogen and oxygen atoms in total. The number of ether oxygens (including phenoxy) is 1. The lowest BCUT2D eigenvalue weighted by Crippen LogP contribution is -2.13. The monoisotopic (exact) mass is 194 g/mol. The maximum Gasteiger partial charge on any atom is 0.0777 e. The Hall–Kier alpha value is -0.860. The van der Waals surface area contributed by atoms with Crippen molar-refractivity contribution in [1.82, 2.24) is 0 Å². The van der Waals surface area contributed by atoms with E-state index in [1.165, 1.54) is 5.56 Å². The lowest BCUT2D eigenvalue weighted by Gasteiger charge is -2.09. The summed E-state index contributed by atoms with van der Waals surface area (Å²) in [5.74, 6) is 0. The topological polar surface area (TPSA) is 29.5 Å². The fraction of sp³-hybridized carbons (Fsp3) is 0.500. The average molecular weight is 194 g/mol. The molecule has 0 aliphatic heterocycles. The van der Waals surface area contributed by atoms with E-state index in [9.17, 15) is 0 Å². The average Bonchev–Trinajstić information content (AvgIpc) is 2.25. The largest absolute Gasteiger partial charge is 0.394 e. The molecule has 0 aliphatic rings. The van der Waals surface area contributed by atoms with E-state index >= 15 is 0 Å². The van der Waals surface area contributed by atoms with Gasteiger partial charge in [0.05, 0.1) is 12.7 Å². The second kappa shape index (κ2) is 6.57. The van der Waals surface area contributed by atoms with Crippen LogP contribution in [0.5, 0.6) is 0 Å². The number of hydrogen-bond donors (Lipinski definition) is 1. The molecule has 1 aromatic carbocycles. The van der Waals surface area contributed by atoms with E-state index in [-0.39, 0.29) is 12.7 Å². The van der Waals surface area contributed by atoms with Gasteiger partial charge in [0, 0.05) is 6.61 Å². The van der Waals surface area contributed by atoms with E-state index in [1.54, 1.807) is 0 Å². The highest BCUT2D eigenvalue weighted by Crippen LogP contribution is 2.02. The summed E-state index contributed by atoms with van der Waals surface area (Å²) in [5, 5.41) is 8.73. The van der Waals surface area contributed by atoms with Crippen molar-refractivity contribution in [3.8, 4) is 0 Å². The van der Waals surface area contributed by atoms with E-state index in [1.807, 2.05) is 25.1 Å². The third-order valence-corrected chi connectivity index (χ3v) is 2.11. The molecular weight excluding hydrogens is 176 g/mol. The van der Waals surface area contributed by atoms with E-state index < -0.39 is 0 Å². The molecule has 0 bridgehead atoms. The lowest BCUT2D eigenvalue weighted by molar-refractivity contribution is 0.0240. The first kappa shape index (κ1) is 11.2. The first-order valence-electron chi connectivity index (χ1n) is 5.09. The highest BCUT2D eigenvalue weighted by molar-refractivity contribution is 5.14. The second-order valence-electron chi connectivity index (χ2n) is 3.45. The van der Waals surface area contributed by atoms with Crippen molar-refractivity contribution >= 4 is 0 Å². The molecule has 0 radical (unpaired) electrons. The van der Waals surface area contributed by atoms with Crippen LogP contribution in [0.3, 0.4) is 0 Å². The quantitative estimate of drug-likeness (QED) is 0.702. The van der Waals surface area contributed by atoms with Crippen LogP contribution in [0.25, 0.3) is 0 Å². The molecule has 0 saturated heterocycles. The number of aliphatic hydroxyl groups excluding tert-OH is 1. The van der Waals surface area contributed by atoms with Gasteiger partial charge < -0.3 is 9.84 Å². The molecule has 14 heavy (non-hydrogen) atoms. The molecule has 0 amide bonds. The van der Waals surface area contributed by atoms with Crippen LogP contribution in [0.15, 0.2) is 30.3 Å². The van der Waals surface area contributed by atoms with Crippen LogP contribution in [0.2, 0.25) is 0 Å². The summed E-state index contributed by atoms with van der Waals surface area (Å²) < 4.78 is 5.36. The number of benzene rings is 1. The Balaban J connectivity index is 2.10. The van der Waals surface area contributed by atoms with Crippen LogP contribution in [0.4, 0.5) is 0 Å². The molecular formula is C12H18O2. The Morgan fingerprint density at radius 1 is 1.29 bits per heavy atom. The molecule has 0 fully saturated rings. The Labute approximate surface area is 85.5 Å². The molecule has 0 aliphatic carbocycles. The highest BCUT2D eigenvalue weighted by atomic mass is 16.5. The molecule has 0 heterocycles. The number of aliphatic hydroxyl groups is 1. The normalized spacial score (nSPS) is 12.7. The summed E-state index contributed by atoms with van der Waals surface area (Å²) in [4.78, 5) is 0. The highest BCUT2D eigenvalue weighted by Gasteiger charge is 1.98. The molecule has 1 rings (SSSR count). The predicted molar refractivity (Wildman–Crippen MR) is 57.3 cm³/mol. The Kier molecular flexibility index (Phi) is 5.27. The third-order valence-electron chi connectivity index (χ3n) is 2.11. The number of hydrogen-bond acceptors (Lipinski definition) is 2. The number of aryl methyl sites for hydroxylation is 1. The van der Waals surface area contributed by atoms with Crippen LogP contribution in [-0.4, -0.2) is 24.4 Å². The van der Waals surface area contributed by atoms with Gasteiger partial charge in [-0.15, -0.1) is 0 Å². The van der Waals surface area contributed by atoms with E-state index in [0.29, 0.717) is 0 Å². The van der Waals surface area contributed by atoms with Gasteiger partial charge in [-0.25, -0.2) is 0 Å². The minimum Gasteiger partial charge on any atom is -0.394 e. The predicted octanol–water partition coefficient (Wildman–Crippen LogP) is 2.02. The fourth-order valence-corrected chi connectivity index (χ4v) is 1.26. The summed E-state index contributed by atoms with van der Waals surface area (Å²) in [7, 11) is 0. The molecule has 0 saturated carbocycles. The van der Waals surface area contributed by atoms with Crippen molar-refractivity contribution in [3.63, 3.8) is 0 Å². The van der Waals surface area contributed by atoms with E-state index in [4.69, 9.17) is 9.84 Å². The van der Waals surface area contributed by atoms with Crippen molar-refractivity contribution in [3.05, 3.63) is 35.9 Å². The lowest BCUT2D eigenvalue weighted by atomic mass is 10.1. The smallest absolute Gasteiger partial charge is 0.0777 e. The second-order valence-corrected chi connectivity index (χ2v) is 3.45. The molecule has 0 aromatic heterocycles. The van der Waals surface area contributed by atoms with Crippen LogP contribution >= 0.6 is 0 Å². The van der Waals surface area contributed by atoms with Crippen molar-refractivity contribution in [2.24, 2.45) is 0 Å². The van der Waals surface area contributed by atoms with Gasteiger partial charge in [-0.05, 0) is 25.3 Å². The molecule has 1 atom stereocenters. The van der Waals surface area contributed by atoms with Crippen LogP contribution < -0.4 is 0 Å². The maximum atomic E-state index is 8.73. The minimum atomic E-state index is -0.0363. The van der Waals surface area contributed by atoms with Gasteiger partial charge in [0.2, 0.25) is 0 Å². The Morgan fingerprint density at radius 3 is 2.64 bits per heavy atom. The Morgan fingerprint density at radius 2 is 2.00 bits per heavy atom. The van der Waals surface area contributed by atoms with E-state index in [0.717, 1.165) is 19.4 Å². The SMILES string of the molecule is CC(CO)OCCCc1ccccc1. The first-order chi connectivity index (χ1) is 6.83. The van der Waals surface area contributed by atoms with Crippen LogP contribution in [-0.2, 0) is 11.2 Å². The summed E-state index contributed by atoms with van der Waals surface area (Å²) >= 11 is 0.